The van der Waals surface area contributed by atoms with Crippen LogP contribution in [0.1, 0.15) is 17.0 Å². The number of halogens is 2. The van der Waals surface area contributed by atoms with E-state index in [1.807, 2.05) is 13.8 Å². The lowest BCUT2D eigenvalue weighted by Gasteiger charge is -2.01. The third-order valence-corrected chi connectivity index (χ3v) is 2.53. The molecule has 0 spiro atoms. The molecule has 2 heterocycles. The Hall–Kier alpha value is -1.52. The normalized spacial score (nSPS) is 11.5. The monoisotopic (exact) mass is 211 g/mol. The van der Waals surface area contributed by atoms with Gasteiger partial charge < -0.3 is 4.98 Å². The van der Waals surface area contributed by atoms with Crippen LogP contribution < -0.4 is 0 Å². The first-order chi connectivity index (χ1) is 7.09. The number of nitrogens with zero attached hydrogens (tertiary/aromatic N) is 2. The smallest absolute Gasteiger partial charge is 0.244 e. The Morgan fingerprint density at radius 3 is 2.80 bits per heavy atom. The molecule has 2 aromatic heterocycles. The van der Waals surface area contributed by atoms with Crippen molar-refractivity contribution in [2.24, 2.45) is 0 Å². The number of aromatic nitrogens is 3. The van der Waals surface area contributed by atoms with Crippen molar-refractivity contribution in [1.82, 2.24) is 15.2 Å². The Balaban J connectivity index is 2.63. The predicted octanol–water partition coefficient (Wildman–Crippen LogP) is 2.38. The Morgan fingerprint density at radius 2 is 2.13 bits per heavy atom. The number of H-pyrrole nitrogens is 1. The van der Waals surface area contributed by atoms with E-state index in [2.05, 4.69) is 15.2 Å². The predicted molar refractivity (Wildman–Crippen MR) is 53.1 cm³/mol. The minimum atomic E-state index is -2.39. The minimum Gasteiger partial charge on any atom is -0.357 e. The molecule has 0 aromatic carbocycles. The van der Waals surface area contributed by atoms with Crippen molar-refractivity contribution in [3.05, 3.63) is 23.1 Å². The molecule has 0 aliphatic heterocycles. The van der Waals surface area contributed by atoms with E-state index in [1.54, 1.807) is 6.20 Å². The number of alkyl halides is 2. The highest BCUT2D eigenvalue weighted by atomic mass is 19.3. The molecule has 5 heteroatoms. The van der Waals surface area contributed by atoms with Crippen molar-refractivity contribution in [3.8, 4) is 0 Å². The van der Waals surface area contributed by atoms with Gasteiger partial charge in [0.15, 0.2) is 0 Å². The highest BCUT2D eigenvalue weighted by Gasteiger charge is 2.14. The van der Waals surface area contributed by atoms with Gasteiger partial charge in [-0.3, -0.25) is 0 Å². The number of aryl methyl sites for hydroxylation is 2. The van der Waals surface area contributed by atoms with E-state index < -0.39 is 6.43 Å². The van der Waals surface area contributed by atoms with Crippen molar-refractivity contribution >= 4 is 10.9 Å². The Labute approximate surface area is 85.5 Å². The maximum atomic E-state index is 12.3. The zero-order valence-corrected chi connectivity index (χ0v) is 8.51. The summed E-state index contributed by atoms with van der Waals surface area (Å²) in [5.41, 5.74) is 3.07. The average Bonchev–Trinajstić information content (AvgIpc) is 2.43. The molecule has 15 heavy (non-hydrogen) atoms. The van der Waals surface area contributed by atoms with Crippen LogP contribution in [0.3, 0.4) is 0 Å². The fourth-order valence-corrected chi connectivity index (χ4v) is 1.71. The van der Waals surface area contributed by atoms with Gasteiger partial charge in [-0.15, -0.1) is 0 Å². The summed E-state index contributed by atoms with van der Waals surface area (Å²) in [4.78, 5) is 3.09. The molecule has 0 bridgehead atoms. The summed E-state index contributed by atoms with van der Waals surface area (Å²) in [6.07, 6.45) is -1.17. The third-order valence-electron chi connectivity index (χ3n) is 2.53. The van der Waals surface area contributed by atoms with Gasteiger partial charge in [-0.05, 0) is 19.4 Å². The lowest BCUT2D eigenvalue weighted by atomic mass is 10.1. The van der Waals surface area contributed by atoms with Crippen molar-refractivity contribution in [2.75, 3.05) is 0 Å². The van der Waals surface area contributed by atoms with Crippen LogP contribution in [-0.2, 0) is 6.42 Å². The second kappa shape index (κ2) is 3.56. The summed E-state index contributed by atoms with van der Waals surface area (Å²) >= 11 is 0. The van der Waals surface area contributed by atoms with Crippen molar-refractivity contribution in [1.29, 1.82) is 0 Å². The summed E-state index contributed by atoms with van der Waals surface area (Å²) in [6, 6.07) is 0. The molecule has 0 fully saturated rings. The molecular formula is C10H11F2N3. The van der Waals surface area contributed by atoms with Gasteiger partial charge in [0.2, 0.25) is 6.43 Å². The molecule has 0 saturated heterocycles. The molecule has 3 nitrogen and oxygen atoms in total. The third kappa shape index (κ3) is 1.69. The van der Waals surface area contributed by atoms with Crippen LogP contribution in [0.2, 0.25) is 0 Å². The average molecular weight is 211 g/mol. The van der Waals surface area contributed by atoms with Crippen molar-refractivity contribution < 1.29 is 8.78 Å². The van der Waals surface area contributed by atoms with E-state index in [-0.39, 0.29) is 6.42 Å². The molecule has 1 N–H and O–H groups in total. The van der Waals surface area contributed by atoms with E-state index in [4.69, 9.17) is 0 Å². The summed E-state index contributed by atoms with van der Waals surface area (Å²) in [5, 5.41) is 8.26. The van der Waals surface area contributed by atoms with E-state index in [9.17, 15) is 8.78 Å². The molecule has 0 atom stereocenters. The summed E-state index contributed by atoms with van der Waals surface area (Å²) in [7, 11) is 0. The molecule has 0 aliphatic carbocycles. The molecule has 0 unspecified atom stereocenters. The Bertz CT molecular complexity index is 491. The Kier molecular flexibility index (Phi) is 2.38. The number of aromatic amines is 1. The van der Waals surface area contributed by atoms with Gasteiger partial charge in [-0.2, -0.15) is 10.2 Å². The molecule has 0 saturated carbocycles. The number of hydrogen-bond acceptors (Lipinski definition) is 2. The Morgan fingerprint density at radius 1 is 1.40 bits per heavy atom. The topological polar surface area (TPSA) is 41.6 Å². The fraction of sp³-hybridized carbons (Fsp3) is 0.400. The molecule has 0 aliphatic rings. The van der Waals surface area contributed by atoms with Gasteiger partial charge in [-0.1, -0.05) is 0 Å². The molecular weight excluding hydrogens is 200 g/mol. The van der Waals surface area contributed by atoms with Crippen LogP contribution in [0.4, 0.5) is 8.78 Å². The maximum Gasteiger partial charge on any atom is 0.244 e. The lowest BCUT2D eigenvalue weighted by molar-refractivity contribution is 0.148. The second-order valence-corrected chi connectivity index (χ2v) is 3.55. The van der Waals surface area contributed by atoms with Gasteiger partial charge in [0.1, 0.15) is 0 Å². The number of hydrogen-bond donors (Lipinski definition) is 1. The lowest BCUT2D eigenvalue weighted by Crippen LogP contribution is -2.01. The highest BCUT2D eigenvalue weighted by Crippen LogP contribution is 2.23. The minimum absolute atomic E-state index is 0.345. The van der Waals surface area contributed by atoms with Gasteiger partial charge >= 0.3 is 0 Å². The molecule has 0 radical (unpaired) electrons. The SMILES string of the molecule is Cc1[nH]c2cnnc(CC(F)F)c2c1C. The quantitative estimate of drug-likeness (QED) is 0.828. The maximum absolute atomic E-state index is 12.3. The number of rotatable bonds is 2. The number of nitrogens with one attached hydrogen (secondary N) is 1. The van der Waals surface area contributed by atoms with Gasteiger partial charge in [0, 0.05) is 11.1 Å². The zero-order chi connectivity index (χ0) is 11.0. The van der Waals surface area contributed by atoms with Crippen LogP contribution in [0.25, 0.3) is 10.9 Å². The summed E-state index contributed by atoms with van der Waals surface area (Å²) in [6.45, 7) is 3.80. The first-order valence-corrected chi connectivity index (χ1v) is 4.67. The molecule has 2 aromatic rings. The van der Waals surface area contributed by atoms with Crippen LogP contribution >= 0.6 is 0 Å². The largest absolute Gasteiger partial charge is 0.357 e. The standard InChI is InChI=1S/C10H11F2N3/c1-5-6(2)14-8-4-13-15-7(10(5)8)3-9(11)12/h4,9,14H,3H2,1-2H3. The fourth-order valence-electron chi connectivity index (χ4n) is 1.71. The van der Waals surface area contributed by atoms with Crippen LogP contribution in [0.5, 0.6) is 0 Å². The van der Waals surface area contributed by atoms with Crippen LogP contribution in [0.15, 0.2) is 6.20 Å². The molecule has 0 amide bonds. The van der Waals surface area contributed by atoms with Crippen LogP contribution in [0, 0.1) is 13.8 Å². The zero-order valence-electron chi connectivity index (χ0n) is 8.51. The number of fused-ring (bicyclic) bond motifs is 1. The van der Waals surface area contributed by atoms with Crippen LogP contribution in [-0.4, -0.2) is 21.6 Å². The van der Waals surface area contributed by atoms with Crippen molar-refractivity contribution in [3.63, 3.8) is 0 Å². The van der Waals surface area contributed by atoms with E-state index in [0.29, 0.717) is 5.69 Å². The first-order valence-electron chi connectivity index (χ1n) is 4.67. The first kappa shape index (κ1) is 10.0. The summed E-state index contributed by atoms with van der Waals surface area (Å²) in [5.74, 6) is 0. The van der Waals surface area contributed by atoms with Crippen molar-refractivity contribution in [2.45, 2.75) is 26.7 Å². The van der Waals surface area contributed by atoms with E-state index >= 15 is 0 Å². The second-order valence-electron chi connectivity index (χ2n) is 3.55. The van der Waals surface area contributed by atoms with Gasteiger partial charge in [-0.25, -0.2) is 8.78 Å². The summed E-state index contributed by atoms with van der Waals surface area (Å²) < 4.78 is 24.6. The van der Waals surface area contributed by atoms with E-state index in [0.717, 1.165) is 22.2 Å². The van der Waals surface area contributed by atoms with Gasteiger partial charge in [0.05, 0.1) is 23.8 Å². The van der Waals surface area contributed by atoms with E-state index in [1.165, 1.54) is 0 Å². The highest BCUT2D eigenvalue weighted by molar-refractivity contribution is 5.85. The molecule has 2 rings (SSSR count). The van der Waals surface area contributed by atoms with Gasteiger partial charge in [0.25, 0.3) is 0 Å². The molecule has 80 valence electrons.